The van der Waals surface area contributed by atoms with Gasteiger partial charge in [-0.3, -0.25) is 4.79 Å². The van der Waals surface area contributed by atoms with E-state index in [0.717, 1.165) is 18.2 Å². The van der Waals surface area contributed by atoms with Gasteiger partial charge in [0.15, 0.2) is 17.5 Å². The van der Waals surface area contributed by atoms with Gasteiger partial charge in [0.2, 0.25) is 0 Å². The molecular weight excluding hydrogens is 261 g/mol. The molecule has 0 fully saturated rings. The number of ether oxygens (including phenoxy) is 1. The fourth-order valence-corrected chi connectivity index (χ4v) is 1.56. The average Bonchev–Trinajstić information content (AvgIpc) is 2.35. The summed E-state index contributed by atoms with van der Waals surface area (Å²) in [7, 11) is 1.41. The van der Waals surface area contributed by atoms with Crippen LogP contribution in [0.1, 0.15) is 5.82 Å². The fourth-order valence-electron chi connectivity index (χ4n) is 1.56. The molecule has 100 valence electrons. The third-order valence-corrected chi connectivity index (χ3v) is 2.35. The summed E-state index contributed by atoms with van der Waals surface area (Å²) in [5, 5.41) is 0. The normalized spacial score (nSPS) is 10.7. The molecule has 2 rings (SSSR count). The molecule has 1 heterocycles. The van der Waals surface area contributed by atoms with Gasteiger partial charge in [-0.15, -0.1) is 0 Å². The van der Waals surface area contributed by atoms with Crippen molar-refractivity contribution >= 4 is 0 Å². The minimum absolute atomic E-state index is 0.0279. The number of aromatic amines is 1. The second-order valence-electron chi connectivity index (χ2n) is 3.76. The summed E-state index contributed by atoms with van der Waals surface area (Å²) in [5.41, 5.74) is -0.490. The topological polar surface area (TPSA) is 55.0 Å². The van der Waals surface area contributed by atoms with Crippen molar-refractivity contribution in [1.29, 1.82) is 0 Å². The third-order valence-electron chi connectivity index (χ3n) is 2.35. The standard InChI is InChI=1S/C12H9F3N2O2/c1-19-5-10-16-9(4-11(18)17-10)6-2-7(13)12(15)8(14)3-6/h2-4H,5H2,1H3,(H,16,17,18). The van der Waals surface area contributed by atoms with Crippen LogP contribution >= 0.6 is 0 Å². The molecule has 0 bridgehead atoms. The van der Waals surface area contributed by atoms with Crippen LogP contribution in [0.3, 0.4) is 0 Å². The lowest BCUT2D eigenvalue weighted by Gasteiger charge is -2.05. The highest BCUT2D eigenvalue weighted by Gasteiger charge is 2.13. The Kier molecular flexibility index (Phi) is 3.66. The molecule has 0 amide bonds. The van der Waals surface area contributed by atoms with Crippen LogP contribution in [-0.2, 0) is 11.3 Å². The van der Waals surface area contributed by atoms with Crippen molar-refractivity contribution in [2.24, 2.45) is 0 Å². The van der Waals surface area contributed by atoms with Crippen molar-refractivity contribution in [3.05, 3.63) is 51.8 Å². The van der Waals surface area contributed by atoms with Crippen LogP contribution in [0.2, 0.25) is 0 Å². The number of aromatic nitrogens is 2. The third kappa shape index (κ3) is 2.82. The molecule has 0 saturated heterocycles. The van der Waals surface area contributed by atoms with Gasteiger partial charge in [0.1, 0.15) is 12.4 Å². The van der Waals surface area contributed by atoms with E-state index in [1.165, 1.54) is 7.11 Å². The minimum Gasteiger partial charge on any atom is -0.377 e. The Labute approximate surface area is 105 Å². The lowest BCUT2D eigenvalue weighted by Crippen LogP contribution is -2.12. The van der Waals surface area contributed by atoms with Gasteiger partial charge in [-0.25, -0.2) is 18.2 Å². The molecule has 0 atom stereocenters. The van der Waals surface area contributed by atoms with Gasteiger partial charge in [0, 0.05) is 18.7 Å². The highest BCUT2D eigenvalue weighted by Crippen LogP contribution is 2.21. The summed E-state index contributed by atoms with van der Waals surface area (Å²) in [6.07, 6.45) is 0. The molecule has 19 heavy (non-hydrogen) atoms. The molecule has 7 heteroatoms. The zero-order valence-corrected chi connectivity index (χ0v) is 9.84. The summed E-state index contributed by atoms with van der Waals surface area (Å²) >= 11 is 0. The Morgan fingerprint density at radius 3 is 2.42 bits per heavy atom. The van der Waals surface area contributed by atoms with Gasteiger partial charge in [0.05, 0.1) is 5.69 Å². The van der Waals surface area contributed by atoms with Crippen LogP contribution in [0.15, 0.2) is 23.0 Å². The van der Waals surface area contributed by atoms with E-state index in [0.29, 0.717) is 0 Å². The molecular formula is C12H9F3N2O2. The molecule has 0 aliphatic heterocycles. The van der Waals surface area contributed by atoms with Crippen molar-refractivity contribution < 1.29 is 17.9 Å². The lowest BCUT2D eigenvalue weighted by atomic mass is 10.1. The van der Waals surface area contributed by atoms with E-state index < -0.39 is 23.0 Å². The number of methoxy groups -OCH3 is 1. The molecule has 0 aliphatic rings. The first kappa shape index (κ1) is 13.3. The molecule has 0 aliphatic carbocycles. The molecule has 0 radical (unpaired) electrons. The zero-order valence-electron chi connectivity index (χ0n) is 9.84. The van der Waals surface area contributed by atoms with Crippen LogP contribution < -0.4 is 5.56 Å². The van der Waals surface area contributed by atoms with Crippen LogP contribution in [0.5, 0.6) is 0 Å². The molecule has 1 aromatic heterocycles. The quantitative estimate of drug-likeness (QED) is 0.868. The first-order valence-electron chi connectivity index (χ1n) is 5.25. The zero-order chi connectivity index (χ0) is 14.0. The van der Waals surface area contributed by atoms with Crippen LogP contribution in [0, 0.1) is 17.5 Å². The number of nitrogens with one attached hydrogen (secondary N) is 1. The Hall–Kier alpha value is -2.15. The number of H-pyrrole nitrogens is 1. The molecule has 1 aromatic carbocycles. The van der Waals surface area contributed by atoms with Gasteiger partial charge in [-0.05, 0) is 12.1 Å². The van der Waals surface area contributed by atoms with Crippen LogP contribution in [-0.4, -0.2) is 17.1 Å². The predicted octanol–water partition coefficient (Wildman–Crippen LogP) is 2.00. The average molecular weight is 270 g/mol. The Balaban J connectivity index is 2.55. The first-order chi connectivity index (χ1) is 9.01. The number of benzene rings is 1. The number of rotatable bonds is 3. The Bertz CT molecular complexity index is 647. The van der Waals surface area contributed by atoms with E-state index in [2.05, 4.69) is 9.97 Å². The first-order valence-corrected chi connectivity index (χ1v) is 5.25. The van der Waals surface area contributed by atoms with Crippen molar-refractivity contribution in [1.82, 2.24) is 9.97 Å². The van der Waals surface area contributed by atoms with Crippen LogP contribution in [0.25, 0.3) is 11.3 Å². The van der Waals surface area contributed by atoms with E-state index in [1.807, 2.05) is 0 Å². The second kappa shape index (κ2) is 5.23. The predicted molar refractivity (Wildman–Crippen MR) is 60.9 cm³/mol. The van der Waals surface area contributed by atoms with Crippen molar-refractivity contribution in [3.8, 4) is 11.3 Å². The number of nitrogens with zero attached hydrogens (tertiary/aromatic N) is 1. The van der Waals surface area contributed by atoms with E-state index >= 15 is 0 Å². The lowest BCUT2D eigenvalue weighted by molar-refractivity contribution is 0.177. The van der Waals surface area contributed by atoms with Crippen molar-refractivity contribution in [3.63, 3.8) is 0 Å². The molecule has 2 aromatic rings. The van der Waals surface area contributed by atoms with E-state index in [9.17, 15) is 18.0 Å². The van der Waals surface area contributed by atoms with Gasteiger partial charge in [-0.2, -0.15) is 0 Å². The van der Waals surface area contributed by atoms with E-state index in [-0.39, 0.29) is 23.7 Å². The number of halogens is 3. The van der Waals surface area contributed by atoms with Gasteiger partial charge >= 0.3 is 0 Å². The molecule has 0 spiro atoms. The maximum Gasteiger partial charge on any atom is 0.251 e. The Morgan fingerprint density at radius 2 is 1.84 bits per heavy atom. The van der Waals surface area contributed by atoms with Gasteiger partial charge in [-0.1, -0.05) is 0 Å². The highest BCUT2D eigenvalue weighted by atomic mass is 19.2. The Morgan fingerprint density at radius 1 is 1.21 bits per heavy atom. The monoisotopic (exact) mass is 270 g/mol. The second-order valence-corrected chi connectivity index (χ2v) is 3.76. The fraction of sp³-hybridized carbons (Fsp3) is 0.167. The summed E-state index contributed by atoms with van der Waals surface area (Å²) in [6, 6.07) is 2.61. The van der Waals surface area contributed by atoms with E-state index in [4.69, 9.17) is 4.74 Å². The molecule has 4 nitrogen and oxygen atoms in total. The molecule has 1 N–H and O–H groups in total. The summed E-state index contributed by atoms with van der Waals surface area (Å²) < 4.78 is 43.9. The maximum absolute atomic E-state index is 13.1. The molecule has 0 saturated carbocycles. The summed E-state index contributed by atoms with van der Waals surface area (Å²) in [4.78, 5) is 17.8. The van der Waals surface area contributed by atoms with Crippen LogP contribution in [0.4, 0.5) is 13.2 Å². The van der Waals surface area contributed by atoms with Gasteiger partial charge in [0.25, 0.3) is 5.56 Å². The van der Waals surface area contributed by atoms with E-state index in [1.54, 1.807) is 0 Å². The minimum atomic E-state index is -1.56. The maximum atomic E-state index is 13.1. The summed E-state index contributed by atoms with van der Waals surface area (Å²) in [5.74, 6) is -4.04. The largest absolute Gasteiger partial charge is 0.377 e. The van der Waals surface area contributed by atoms with Crippen molar-refractivity contribution in [2.45, 2.75) is 6.61 Å². The SMILES string of the molecule is COCc1nc(-c2cc(F)c(F)c(F)c2)cc(=O)[nH]1. The van der Waals surface area contributed by atoms with Crippen molar-refractivity contribution in [2.75, 3.05) is 7.11 Å². The van der Waals surface area contributed by atoms with Gasteiger partial charge < -0.3 is 9.72 Å². The number of hydrogen-bond acceptors (Lipinski definition) is 3. The highest BCUT2D eigenvalue weighted by molar-refractivity contribution is 5.58. The smallest absolute Gasteiger partial charge is 0.251 e. The summed E-state index contributed by atoms with van der Waals surface area (Å²) in [6.45, 7) is 0.0369. The number of hydrogen-bond donors (Lipinski definition) is 1. The molecule has 0 unspecified atom stereocenters.